The molecule has 4 heteroatoms. The summed E-state index contributed by atoms with van der Waals surface area (Å²) in [6.07, 6.45) is 5.33. The van der Waals surface area contributed by atoms with E-state index in [9.17, 15) is 0 Å². The molecule has 4 nitrogen and oxygen atoms in total. The quantitative estimate of drug-likeness (QED) is 0.531. The first kappa shape index (κ1) is 5.94. The van der Waals surface area contributed by atoms with Gasteiger partial charge in [-0.05, 0) is 12.1 Å². The summed E-state index contributed by atoms with van der Waals surface area (Å²) >= 11 is 0. The number of nitrogens with zero attached hydrogens (tertiary/aromatic N) is 4. The van der Waals surface area contributed by atoms with Crippen LogP contribution in [0, 0.1) is 0 Å². The van der Waals surface area contributed by atoms with Gasteiger partial charge < -0.3 is 0 Å². The molecule has 1 aromatic heterocycles. The van der Waals surface area contributed by atoms with Gasteiger partial charge in [0.15, 0.2) is 6.33 Å². The third kappa shape index (κ3) is 1.64. The van der Waals surface area contributed by atoms with E-state index < -0.39 is 0 Å². The van der Waals surface area contributed by atoms with Crippen molar-refractivity contribution in [1.82, 2.24) is 20.2 Å². The molecule has 0 fully saturated rings. The van der Waals surface area contributed by atoms with Crippen molar-refractivity contribution in [2.75, 3.05) is 0 Å². The van der Waals surface area contributed by atoms with Crippen molar-refractivity contribution in [3.8, 4) is 0 Å². The fraction of sp³-hybridized carbons (Fsp3) is 0.400. The van der Waals surface area contributed by atoms with E-state index in [1.165, 1.54) is 11.1 Å². The van der Waals surface area contributed by atoms with E-state index in [1.54, 1.807) is 0 Å². The van der Waals surface area contributed by atoms with Crippen LogP contribution in [-0.4, -0.2) is 20.2 Å². The number of aromatic nitrogens is 4. The van der Waals surface area contributed by atoms with Gasteiger partial charge in [0, 0.05) is 0 Å². The highest BCUT2D eigenvalue weighted by Crippen LogP contribution is 1.76. The molecule has 0 aliphatic carbocycles. The molecule has 1 aromatic rings. The summed E-state index contributed by atoms with van der Waals surface area (Å²) in [4.78, 5) is 1.51. The molecule has 0 saturated carbocycles. The number of allylic oxidation sites excluding steroid dienone is 2. The Morgan fingerprint density at radius 3 is 3.11 bits per heavy atom. The molecule has 0 aliphatic rings. The Kier molecular flexibility index (Phi) is 1.95. The summed E-state index contributed by atoms with van der Waals surface area (Å²) < 4.78 is 0. The molecular formula is C5H8N4. The molecule has 0 spiro atoms. The van der Waals surface area contributed by atoms with E-state index in [2.05, 4.69) is 15.4 Å². The van der Waals surface area contributed by atoms with Gasteiger partial charge in [-0.3, -0.25) is 0 Å². The van der Waals surface area contributed by atoms with Gasteiger partial charge in [-0.25, -0.2) is 0 Å². The average Bonchev–Trinajstić information content (AvgIpc) is 2.34. The number of tetrazole rings is 1. The van der Waals surface area contributed by atoms with Gasteiger partial charge in [-0.15, -0.1) is 10.2 Å². The van der Waals surface area contributed by atoms with Crippen LogP contribution in [-0.2, 0) is 6.54 Å². The van der Waals surface area contributed by atoms with Crippen LogP contribution < -0.4 is 0 Å². The minimum Gasteiger partial charge on any atom is -0.161 e. The first-order valence-electron chi connectivity index (χ1n) is 2.75. The molecule has 0 radical (unpaired) electrons. The van der Waals surface area contributed by atoms with Gasteiger partial charge in [0.2, 0.25) is 0 Å². The Labute approximate surface area is 53.2 Å². The number of rotatable bonds is 2. The standard InChI is InChI=1S/C5H8N4/c1-2-3-4-9-7-5-6-8-9/h2-3,5H,4H2,1H3. The molecule has 0 saturated heterocycles. The van der Waals surface area contributed by atoms with E-state index in [-0.39, 0.29) is 0 Å². The van der Waals surface area contributed by atoms with Crippen molar-refractivity contribution in [2.45, 2.75) is 13.5 Å². The van der Waals surface area contributed by atoms with Crippen LogP contribution in [0.5, 0.6) is 0 Å². The van der Waals surface area contributed by atoms with Crippen molar-refractivity contribution < 1.29 is 0 Å². The van der Waals surface area contributed by atoms with Crippen LogP contribution in [0.15, 0.2) is 18.5 Å². The summed E-state index contributed by atoms with van der Waals surface area (Å²) in [6.45, 7) is 2.66. The van der Waals surface area contributed by atoms with Crippen molar-refractivity contribution in [1.29, 1.82) is 0 Å². The highest BCUT2D eigenvalue weighted by atomic mass is 15.6. The molecule has 0 aromatic carbocycles. The van der Waals surface area contributed by atoms with Gasteiger partial charge in [0.25, 0.3) is 0 Å². The number of hydrogen-bond donors (Lipinski definition) is 0. The molecule has 48 valence electrons. The highest BCUT2D eigenvalue weighted by Gasteiger charge is 1.83. The zero-order valence-corrected chi connectivity index (χ0v) is 5.23. The highest BCUT2D eigenvalue weighted by molar-refractivity contribution is 4.74. The summed E-state index contributed by atoms with van der Waals surface area (Å²) in [5.74, 6) is 0. The largest absolute Gasteiger partial charge is 0.162 e. The van der Waals surface area contributed by atoms with E-state index in [0.717, 1.165) is 0 Å². The molecule has 0 bridgehead atoms. The molecular weight excluding hydrogens is 116 g/mol. The second-order valence-corrected chi connectivity index (χ2v) is 1.56. The zero-order valence-electron chi connectivity index (χ0n) is 5.23. The number of hydrogen-bond acceptors (Lipinski definition) is 3. The molecule has 0 N–H and O–H groups in total. The Balaban J connectivity index is 2.48. The lowest BCUT2D eigenvalue weighted by Crippen LogP contribution is -1.99. The lowest BCUT2D eigenvalue weighted by atomic mass is 10.5. The maximum atomic E-state index is 3.80. The summed E-state index contributed by atoms with van der Waals surface area (Å²) in [5, 5.41) is 11.0. The Bertz CT molecular complexity index is 177. The SMILES string of the molecule is CC=CCn1ncnn1. The van der Waals surface area contributed by atoms with E-state index in [1.807, 2.05) is 19.1 Å². The van der Waals surface area contributed by atoms with Gasteiger partial charge >= 0.3 is 0 Å². The predicted octanol–water partition coefficient (Wildman–Crippen LogP) is 0.249. The van der Waals surface area contributed by atoms with Crippen LogP contribution >= 0.6 is 0 Å². The van der Waals surface area contributed by atoms with Crippen LogP contribution in [0.4, 0.5) is 0 Å². The smallest absolute Gasteiger partial charge is 0.161 e. The third-order valence-electron chi connectivity index (χ3n) is 0.896. The maximum Gasteiger partial charge on any atom is 0.162 e. The maximum absolute atomic E-state index is 3.80. The second-order valence-electron chi connectivity index (χ2n) is 1.56. The van der Waals surface area contributed by atoms with E-state index in [4.69, 9.17) is 0 Å². The summed E-state index contributed by atoms with van der Waals surface area (Å²) in [5.41, 5.74) is 0. The van der Waals surface area contributed by atoms with Crippen LogP contribution in [0.1, 0.15) is 6.92 Å². The summed E-state index contributed by atoms with van der Waals surface area (Å²) in [6, 6.07) is 0. The van der Waals surface area contributed by atoms with Crippen LogP contribution in [0.3, 0.4) is 0 Å². The van der Waals surface area contributed by atoms with Gasteiger partial charge in [-0.2, -0.15) is 4.80 Å². The lowest BCUT2D eigenvalue weighted by Gasteiger charge is -1.86. The van der Waals surface area contributed by atoms with Gasteiger partial charge in [0.1, 0.15) is 0 Å². The minimum atomic E-state index is 0.705. The first-order valence-corrected chi connectivity index (χ1v) is 2.75. The third-order valence-corrected chi connectivity index (χ3v) is 0.896. The first-order chi connectivity index (χ1) is 4.43. The van der Waals surface area contributed by atoms with Gasteiger partial charge in [0.05, 0.1) is 6.54 Å². The molecule has 0 unspecified atom stereocenters. The molecule has 1 rings (SSSR count). The van der Waals surface area contributed by atoms with Crippen molar-refractivity contribution >= 4 is 0 Å². The molecule has 0 atom stereocenters. The molecule has 9 heavy (non-hydrogen) atoms. The Morgan fingerprint density at radius 2 is 2.56 bits per heavy atom. The van der Waals surface area contributed by atoms with Crippen molar-refractivity contribution in [3.05, 3.63) is 18.5 Å². The molecule has 0 aliphatic heterocycles. The monoisotopic (exact) mass is 124 g/mol. The predicted molar refractivity (Wildman–Crippen MR) is 32.6 cm³/mol. The van der Waals surface area contributed by atoms with Crippen molar-refractivity contribution in [3.63, 3.8) is 0 Å². The molecule has 0 amide bonds. The fourth-order valence-electron chi connectivity index (χ4n) is 0.472. The topological polar surface area (TPSA) is 43.6 Å². The second kappa shape index (κ2) is 2.96. The van der Waals surface area contributed by atoms with E-state index >= 15 is 0 Å². The Hall–Kier alpha value is -1.19. The summed E-state index contributed by atoms with van der Waals surface area (Å²) in [7, 11) is 0. The fourth-order valence-corrected chi connectivity index (χ4v) is 0.472. The van der Waals surface area contributed by atoms with Crippen LogP contribution in [0.2, 0.25) is 0 Å². The Morgan fingerprint density at radius 1 is 1.67 bits per heavy atom. The van der Waals surface area contributed by atoms with Crippen molar-refractivity contribution in [2.24, 2.45) is 0 Å². The minimum absolute atomic E-state index is 0.705. The molecule has 1 heterocycles. The van der Waals surface area contributed by atoms with E-state index in [0.29, 0.717) is 6.54 Å². The van der Waals surface area contributed by atoms with Gasteiger partial charge in [-0.1, -0.05) is 12.2 Å². The van der Waals surface area contributed by atoms with Crippen LogP contribution in [0.25, 0.3) is 0 Å². The zero-order chi connectivity index (χ0) is 6.53. The normalized spacial score (nSPS) is 10.8. The average molecular weight is 124 g/mol. The lowest BCUT2D eigenvalue weighted by molar-refractivity contribution is 0.582.